The van der Waals surface area contributed by atoms with E-state index in [1.807, 2.05) is 68.6 Å². The second kappa shape index (κ2) is 9.58. The summed E-state index contributed by atoms with van der Waals surface area (Å²) in [4.78, 5) is 28.9. The number of carbonyl (C=O) groups is 2. The lowest BCUT2D eigenvalue weighted by Crippen LogP contribution is -2.29. The monoisotopic (exact) mass is 491 g/mol. The number of rotatable bonds is 6. The molecule has 0 radical (unpaired) electrons. The van der Waals surface area contributed by atoms with Gasteiger partial charge in [0.25, 0.3) is 11.7 Å². The first kappa shape index (κ1) is 24.5. The second-order valence-corrected chi connectivity index (χ2v) is 10.4. The number of amides is 1. The van der Waals surface area contributed by atoms with E-state index in [1.165, 1.54) is 16.2 Å². The maximum atomic E-state index is 13.3. The second-order valence-electron chi connectivity index (χ2n) is 9.42. The van der Waals surface area contributed by atoms with E-state index < -0.39 is 17.7 Å². The van der Waals surface area contributed by atoms with Gasteiger partial charge in [0.2, 0.25) is 0 Å². The van der Waals surface area contributed by atoms with Crippen LogP contribution in [0.1, 0.15) is 48.4 Å². The fraction of sp³-hybridized carbons (Fsp3) is 0.286. The highest BCUT2D eigenvalue weighted by atomic mass is 32.1. The summed E-state index contributed by atoms with van der Waals surface area (Å²) >= 11 is 1.44. The van der Waals surface area contributed by atoms with Crippen molar-refractivity contribution in [3.05, 3.63) is 87.1 Å². The minimum atomic E-state index is -0.708. The van der Waals surface area contributed by atoms with Crippen LogP contribution in [-0.2, 0) is 21.5 Å². The molecular weight excluding hydrogens is 462 g/mol. The molecule has 35 heavy (non-hydrogen) atoms. The van der Waals surface area contributed by atoms with Crippen LogP contribution >= 0.6 is 11.3 Å². The lowest BCUT2D eigenvalue weighted by molar-refractivity contribution is -0.140. The number of thiophene rings is 1. The number of likely N-dealkylation sites (tertiary alicyclic amines) is 1. The maximum Gasteiger partial charge on any atom is 0.295 e. The number of aliphatic hydroxyl groups is 1. The number of para-hydroxylation sites is 1. The third-order valence-corrected chi connectivity index (χ3v) is 7.09. The Bertz CT molecular complexity index is 1290. The van der Waals surface area contributed by atoms with E-state index in [1.54, 1.807) is 26.4 Å². The molecule has 0 saturated carbocycles. The van der Waals surface area contributed by atoms with Gasteiger partial charge in [-0.25, -0.2) is 0 Å². The Balaban J connectivity index is 1.86. The Labute approximate surface area is 209 Å². The molecule has 1 amide bonds. The molecule has 1 unspecified atom stereocenters. The number of carbonyl (C=O) groups excluding carboxylic acids is 2. The predicted molar refractivity (Wildman–Crippen MR) is 137 cm³/mol. The van der Waals surface area contributed by atoms with Crippen LogP contribution in [0.2, 0.25) is 0 Å². The van der Waals surface area contributed by atoms with Crippen molar-refractivity contribution in [2.24, 2.45) is 0 Å². The van der Waals surface area contributed by atoms with Gasteiger partial charge in [0.05, 0.1) is 32.4 Å². The lowest BCUT2D eigenvalue weighted by Gasteiger charge is -2.25. The standard InChI is InChI=1S/C28H29NO5S/c1-28(2,3)19-15-17(12-13-21(19)34-5)25(30)23-24(22-11-8-14-35-22)29(27(32)26(23)31)16-18-9-6-7-10-20(18)33-4/h6-15,24,30H,16H2,1-5H3/b25-23-. The maximum absolute atomic E-state index is 13.3. The summed E-state index contributed by atoms with van der Waals surface area (Å²) < 4.78 is 11.0. The van der Waals surface area contributed by atoms with Crippen molar-refractivity contribution < 1.29 is 24.2 Å². The number of ketones is 1. The normalized spacial score (nSPS) is 17.6. The molecule has 0 spiro atoms. The molecule has 1 fully saturated rings. The Morgan fingerprint density at radius 1 is 1.00 bits per heavy atom. The highest BCUT2D eigenvalue weighted by molar-refractivity contribution is 7.10. The zero-order valence-corrected chi connectivity index (χ0v) is 21.3. The van der Waals surface area contributed by atoms with Crippen LogP contribution in [0.3, 0.4) is 0 Å². The highest BCUT2D eigenvalue weighted by Crippen LogP contribution is 2.43. The largest absolute Gasteiger partial charge is 0.507 e. The zero-order valence-electron chi connectivity index (χ0n) is 20.5. The van der Waals surface area contributed by atoms with Crippen LogP contribution in [0.5, 0.6) is 11.5 Å². The van der Waals surface area contributed by atoms with Gasteiger partial charge in [0.1, 0.15) is 17.3 Å². The summed E-state index contributed by atoms with van der Waals surface area (Å²) in [6.07, 6.45) is 0. The van der Waals surface area contributed by atoms with Crippen LogP contribution in [0.15, 0.2) is 65.6 Å². The quantitative estimate of drug-likeness (QED) is 0.273. The van der Waals surface area contributed by atoms with Gasteiger partial charge in [-0.15, -0.1) is 11.3 Å². The minimum absolute atomic E-state index is 0.0809. The average molecular weight is 492 g/mol. The Kier molecular flexibility index (Phi) is 6.72. The molecule has 4 rings (SSSR count). The molecule has 1 N–H and O–H groups in total. The summed E-state index contributed by atoms with van der Waals surface area (Å²) in [5, 5.41) is 13.3. The Morgan fingerprint density at radius 3 is 2.34 bits per heavy atom. The number of aliphatic hydroxyl groups excluding tert-OH is 1. The highest BCUT2D eigenvalue weighted by Gasteiger charge is 2.46. The first-order chi connectivity index (χ1) is 16.7. The van der Waals surface area contributed by atoms with Crippen LogP contribution in [0.4, 0.5) is 0 Å². The number of hydrogen-bond donors (Lipinski definition) is 1. The van der Waals surface area contributed by atoms with E-state index in [-0.39, 0.29) is 23.3 Å². The Hall–Kier alpha value is -3.58. The number of ether oxygens (including phenoxy) is 2. The molecule has 7 heteroatoms. The molecule has 1 aliphatic heterocycles. The summed E-state index contributed by atoms with van der Waals surface area (Å²) in [6, 6.07) is 15.7. The first-order valence-electron chi connectivity index (χ1n) is 11.3. The first-order valence-corrected chi connectivity index (χ1v) is 12.2. The van der Waals surface area contributed by atoms with Crippen LogP contribution in [0.25, 0.3) is 5.76 Å². The summed E-state index contributed by atoms with van der Waals surface area (Å²) in [5.41, 5.74) is 1.95. The van der Waals surface area contributed by atoms with Gasteiger partial charge >= 0.3 is 0 Å². The molecule has 2 aromatic carbocycles. The van der Waals surface area contributed by atoms with E-state index in [0.717, 1.165) is 16.0 Å². The van der Waals surface area contributed by atoms with Crippen molar-refractivity contribution >= 4 is 28.8 Å². The van der Waals surface area contributed by atoms with Gasteiger partial charge in [-0.3, -0.25) is 9.59 Å². The molecule has 3 aromatic rings. The van der Waals surface area contributed by atoms with Gasteiger partial charge in [0, 0.05) is 21.6 Å². The summed E-state index contributed by atoms with van der Waals surface area (Å²) in [7, 11) is 3.17. The van der Waals surface area contributed by atoms with Crippen molar-refractivity contribution in [3.8, 4) is 11.5 Å². The smallest absolute Gasteiger partial charge is 0.295 e. The van der Waals surface area contributed by atoms with Gasteiger partial charge in [-0.2, -0.15) is 0 Å². The van der Waals surface area contributed by atoms with Crippen molar-refractivity contribution in [1.29, 1.82) is 0 Å². The van der Waals surface area contributed by atoms with Gasteiger partial charge < -0.3 is 19.5 Å². The van der Waals surface area contributed by atoms with E-state index in [0.29, 0.717) is 17.1 Å². The van der Waals surface area contributed by atoms with E-state index in [4.69, 9.17) is 9.47 Å². The molecule has 182 valence electrons. The number of benzene rings is 2. The van der Waals surface area contributed by atoms with Gasteiger partial charge in [-0.1, -0.05) is 45.0 Å². The van der Waals surface area contributed by atoms with Gasteiger partial charge in [-0.05, 0) is 41.1 Å². The SMILES string of the molecule is COc1ccccc1CN1C(=O)C(=O)/C(=C(\O)c2ccc(OC)c(C(C)(C)C)c2)C1c1cccs1. The summed E-state index contributed by atoms with van der Waals surface area (Å²) in [5.74, 6) is -0.230. The Morgan fingerprint density at radius 2 is 1.71 bits per heavy atom. The summed E-state index contributed by atoms with van der Waals surface area (Å²) in [6.45, 7) is 6.31. The average Bonchev–Trinajstić information content (AvgIpc) is 3.46. The molecule has 0 aliphatic carbocycles. The molecule has 1 aliphatic rings. The van der Waals surface area contributed by atoms with E-state index in [9.17, 15) is 14.7 Å². The van der Waals surface area contributed by atoms with Crippen LogP contribution < -0.4 is 9.47 Å². The van der Waals surface area contributed by atoms with Crippen molar-refractivity contribution in [2.75, 3.05) is 14.2 Å². The van der Waals surface area contributed by atoms with E-state index in [2.05, 4.69) is 0 Å². The number of hydrogen-bond acceptors (Lipinski definition) is 6. The number of nitrogens with zero attached hydrogens (tertiary/aromatic N) is 1. The molecule has 1 aromatic heterocycles. The van der Waals surface area contributed by atoms with Crippen LogP contribution in [0, 0.1) is 0 Å². The molecule has 1 saturated heterocycles. The molecule has 1 atom stereocenters. The van der Waals surface area contributed by atoms with Gasteiger partial charge in [0.15, 0.2) is 0 Å². The third-order valence-electron chi connectivity index (χ3n) is 6.17. The van der Waals surface area contributed by atoms with Crippen molar-refractivity contribution in [1.82, 2.24) is 4.90 Å². The zero-order chi connectivity index (χ0) is 25.3. The lowest BCUT2D eigenvalue weighted by atomic mass is 9.84. The molecular formula is C28H29NO5S. The number of methoxy groups -OCH3 is 2. The predicted octanol–water partition coefficient (Wildman–Crippen LogP) is 5.68. The fourth-order valence-electron chi connectivity index (χ4n) is 4.40. The van der Waals surface area contributed by atoms with Crippen molar-refractivity contribution in [3.63, 3.8) is 0 Å². The molecule has 0 bridgehead atoms. The third kappa shape index (κ3) is 4.56. The molecule has 6 nitrogen and oxygen atoms in total. The fourth-order valence-corrected chi connectivity index (χ4v) is 5.25. The topological polar surface area (TPSA) is 76.1 Å². The van der Waals surface area contributed by atoms with E-state index >= 15 is 0 Å². The molecule has 2 heterocycles. The van der Waals surface area contributed by atoms with Crippen molar-refractivity contribution in [2.45, 2.75) is 38.8 Å². The van der Waals surface area contributed by atoms with Crippen LogP contribution in [-0.4, -0.2) is 35.9 Å². The number of Topliss-reactive ketones (excluding diaryl/α,β-unsaturated/α-hetero) is 1. The minimum Gasteiger partial charge on any atom is -0.507 e.